The van der Waals surface area contributed by atoms with Gasteiger partial charge in [0, 0.05) is 32.4 Å². The number of piperazine rings is 1. The molecule has 1 aliphatic rings. The number of esters is 1. The standard InChI is InChI=1S/C20H23N3O4/c1-2-26-20(25)16-8-9-18(21-14-16)22-10-12-23(13-11-22)19(24)15-27-17-6-4-3-5-7-17/h3-9,14H,2,10-13,15H2,1H3. The number of anilines is 1. The van der Waals surface area contributed by atoms with Crippen molar-refractivity contribution in [3.05, 3.63) is 54.2 Å². The van der Waals surface area contributed by atoms with E-state index in [0.717, 1.165) is 5.82 Å². The summed E-state index contributed by atoms with van der Waals surface area (Å²) in [5.41, 5.74) is 0.437. The third-order valence-electron chi connectivity index (χ3n) is 4.32. The predicted molar refractivity (Wildman–Crippen MR) is 101 cm³/mol. The van der Waals surface area contributed by atoms with Crippen LogP contribution in [0.25, 0.3) is 0 Å². The van der Waals surface area contributed by atoms with Crippen LogP contribution in [0, 0.1) is 0 Å². The lowest BCUT2D eigenvalue weighted by molar-refractivity contribution is -0.133. The SMILES string of the molecule is CCOC(=O)c1ccc(N2CCN(C(=O)COc3ccccc3)CC2)nc1. The average Bonchev–Trinajstić information content (AvgIpc) is 2.73. The van der Waals surface area contributed by atoms with Gasteiger partial charge in [0.15, 0.2) is 6.61 Å². The van der Waals surface area contributed by atoms with Crippen LogP contribution in [-0.4, -0.2) is 61.2 Å². The Bertz CT molecular complexity index is 757. The van der Waals surface area contributed by atoms with Crippen LogP contribution in [0.2, 0.25) is 0 Å². The normalized spacial score (nSPS) is 14.0. The number of hydrogen-bond donors (Lipinski definition) is 0. The lowest BCUT2D eigenvalue weighted by Gasteiger charge is -2.35. The Labute approximate surface area is 158 Å². The van der Waals surface area contributed by atoms with Crippen LogP contribution in [0.5, 0.6) is 5.75 Å². The molecule has 0 N–H and O–H groups in total. The Hall–Kier alpha value is -3.09. The predicted octanol–water partition coefficient (Wildman–Crippen LogP) is 1.99. The van der Waals surface area contributed by atoms with Crippen LogP contribution in [0.15, 0.2) is 48.7 Å². The third-order valence-corrected chi connectivity index (χ3v) is 4.32. The fraction of sp³-hybridized carbons (Fsp3) is 0.350. The number of para-hydroxylation sites is 1. The molecule has 2 heterocycles. The first kappa shape index (κ1) is 18.7. The minimum atomic E-state index is -0.370. The summed E-state index contributed by atoms with van der Waals surface area (Å²) in [5, 5.41) is 0. The molecule has 1 aromatic heterocycles. The van der Waals surface area contributed by atoms with Gasteiger partial charge in [-0.2, -0.15) is 0 Å². The molecule has 0 saturated carbocycles. The second-order valence-electron chi connectivity index (χ2n) is 6.10. The number of carbonyl (C=O) groups excluding carboxylic acids is 2. The summed E-state index contributed by atoms with van der Waals surface area (Å²) >= 11 is 0. The first-order valence-electron chi connectivity index (χ1n) is 9.01. The van der Waals surface area contributed by atoms with E-state index in [1.807, 2.05) is 36.4 Å². The molecule has 7 heteroatoms. The van der Waals surface area contributed by atoms with Crippen molar-refractivity contribution in [1.29, 1.82) is 0 Å². The number of aromatic nitrogens is 1. The number of benzene rings is 1. The zero-order valence-electron chi connectivity index (χ0n) is 15.3. The van der Waals surface area contributed by atoms with E-state index in [1.54, 1.807) is 17.9 Å². The van der Waals surface area contributed by atoms with Gasteiger partial charge in [-0.3, -0.25) is 4.79 Å². The molecule has 1 fully saturated rings. The quantitative estimate of drug-likeness (QED) is 0.725. The van der Waals surface area contributed by atoms with Crippen molar-refractivity contribution in [2.45, 2.75) is 6.92 Å². The molecule has 0 bridgehead atoms. The maximum Gasteiger partial charge on any atom is 0.339 e. The molecule has 0 radical (unpaired) electrons. The van der Waals surface area contributed by atoms with Crippen molar-refractivity contribution >= 4 is 17.7 Å². The van der Waals surface area contributed by atoms with E-state index in [9.17, 15) is 9.59 Å². The van der Waals surface area contributed by atoms with Gasteiger partial charge in [0.1, 0.15) is 11.6 Å². The van der Waals surface area contributed by atoms with Gasteiger partial charge in [0.05, 0.1) is 12.2 Å². The van der Waals surface area contributed by atoms with Crippen molar-refractivity contribution in [2.24, 2.45) is 0 Å². The van der Waals surface area contributed by atoms with E-state index in [-0.39, 0.29) is 18.5 Å². The summed E-state index contributed by atoms with van der Waals surface area (Å²) < 4.78 is 10.5. The van der Waals surface area contributed by atoms with Gasteiger partial charge in [-0.15, -0.1) is 0 Å². The average molecular weight is 369 g/mol. The Morgan fingerprint density at radius 2 is 1.78 bits per heavy atom. The molecule has 0 aliphatic carbocycles. The molecule has 1 aromatic carbocycles. The molecule has 1 aliphatic heterocycles. The zero-order chi connectivity index (χ0) is 19.1. The Kier molecular flexibility index (Phi) is 6.25. The van der Waals surface area contributed by atoms with Crippen LogP contribution in [0.1, 0.15) is 17.3 Å². The van der Waals surface area contributed by atoms with Crippen molar-refractivity contribution in [3.63, 3.8) is 0 Å². The molecule has 142 valence electrons. The summed E-state index contributed by atoms with van der Waals surface area (Å²) in [7, 11) is 0. The molecule has 0 spiro atoms. The number of nitrogens with zero attached hydrogens (tertiary/aromatic N) is 3. The van der Waals surface area contributed by atoms with Crippen molar-refractivity contribution in [1.82, 2.24) is 9.88 Å². The van der Waals surface area contributed by atoms with Gasteiger partial charge in [0.25, 0.3) is 5.91 Å². The molecule has 3 rings (SSSR count). The van der Waals surface area contributed by atoms with E-state index in [4.69, 9.17) is 9.47 Å². The number of amides is 1. The van der Waals surface area contributed by atoms with Crippen molar-refractivity contribution in [2.75, 3.05) is 44.3 Å². The molecule has 0 unspecified atom stereocenters. The Morgan fingerprint density at radius 3 is 2.41 bits per heavy atom. The van der Waals surface area contributed by atoms with Gasteiger partial charge in [-0.25, -0.2) is 9.78 Å². The fourth-order valence-electron chi connectivity index (χ4n) is 2.85. The monoisotopic (exact) mass is 369 g/mol. The highest BCUT2D eigenvalue weighted by Crippen LogP contribution is 2.15. The van der Waals surface area contributed by atoms with Crippen LogP contribution >= 0.6 is 0 Å². The van der Waals surface area contributed by atoms with Crippen molar-refractivity contribution < 1.29 is 19.1 Å². The lowest BCUT2D eigenvalue weighted by atomic mass is 10.2. The van der Waals surface area contributed by atoms with Gasteiger partial charge in [0.2, 0.25) is 0 Å². The number of hydrogen-bond acceptors (Lipinski definition) is 6. The minimum absolute atomic E-state index is 0.0240. The van der Waals surface area contributed by atoms with E-state index in [0.29, 0.717) is 44.1 Å². The highest BCUT2D eigenvalue weighted by atomic mass is 16.5. The van der Waals surface area contributed by atoms with Crippen molar-refractivity contribution in [3.8, 4) is 5.75 Å². The smallest absolute Gasteiger partial charge is 0.339 e. The first-order chi connectivity index (χ1) is 13.2. The summed E-state index contributed by atoms with van der Waals surface area (Å²) in [4.78, 5) is 32.2. The summed E-state index contributed by atoms with van der Waals surface area (Å²) in [6.45, 7) is 4.73. The molecule has 7 nitrogen and oxygen atoms in total. The highest BCUT2D eigenvalue weighted by molar-refractivity contribution is 5.89. The minimum Gasteiger partial charge on any atom is -0.484 e. The number of carbonyl (C=O) groups is 2. The maximum atomic E-state index is 12.3. The molecule has 0 atom stereocenters. The largest absolute Gasteiger partial charge is 0.484 e. The van der Waals surface area contributed by atoms with Crippen LogP contribution in [-0.2, 0) is 9.53 Å². The number of ether oxygens (including phenoxy) is 2. The second-order valence-corrected chi connectivity index (χ2v) is 6.10. The van der Waals surface area contributed by atoms with E-state index >= 15 is 0 Å². The summed E-state index contributed by atoms with van der Waals surface area (Å²) in [6, 6.07) is 12.8. The maximum absolute atomic E-state index is 12.3. The van der Waals surface area contributed by atoms with Gasteiger partial charge >= 0.3 is 5.97 Å². The zero-order valence-corrected chi connectivity index (χ0v) is 15.3. The number of rotatable bonds is 6. The number of pyridine rings is 1. The van der Waals surface area contributed by atoms with E-state index in [2.05, 4.69) is 9.88 Å². The Balaban J connectivity index is 1.48. The molecule has 1 saturated heterocycles. The first-order valence-corrected chi connectivity index (χ1v) is 9.01. The highest BCUT2D eigenvalue weighted by Gasteiger charge is 2.22. The van der Waals surface area contributed by atoms with Crippen LogP contribution in [0.4, 0.5) is 5.82 Å². The molecule has 1 amide bonds. The second kappa shape index (κ2) is 9.02. The molecule has 2 aromatic rings. The van der Waals surface area contributed by atoms with Gasteiger partial charge in [-0.1, -0.05) is 18.2 Å². The summed E-state index contributed by atoms with van der Waals surface area (Å²) in [5.74, 6) is 1.08. The topological polar surface area (TPSA) is 72.0 Å². The fourth-order valence-corrected chi connectivity index (χ4v) is 2.85. The lowest BCUT2D eigenvalue weighted by Crippen LogP contribution is -2.50. The third kappa shape index (κ3) is 4.97. The Morgan fingerprint density at radius 1 is 1.04 bits per heavy atom. The van der Waals surface area contributed by atoms with Gasteiger partial charge in [-0.05, 0) is 31.2 Å². The molecular formula is C20H23N3O4. The van der Waals surface area contributed by atoms with E-state index in [1.165, 1.54) is 6.20 Å². The van der Waals surface area contributed by atoms with Crippen LogP contribution < -0.4 is 9.64 Å². The van der Waals surface area contributed by atoms with Gasteiger partial charge < -0.3 is 19.3 Å². The molecular weight excluding hydrogens is 346 g/mol. The van der Waals surface area contributed by atoms with E-state index < -0.39 is 0 Å². The summed E-state index contributed by atoms with van der Waals surface area (Å²) in [6.07, 6.45) is 1.53. The van der Waals surface area contributed by atoms with Crippen LogP contribution in [0.3, 0.4) is 0 Å². The molecule has 27 heavy (non-hydrogen) atoms.